The molecule has 1 heterocycles. The average molecular weight is 409 g/mol. The Morgan fingerprint density at radius 3 is 2.62 bits per heavy atom. The number of nitrogens with one attached hydrogen (secondary N) is 1. The molecule has 0 aliphatic carbocycles. The molecular formula is C20H19N5O3S. The van der Waals surface area contributed by atoms with Crippen LogP contribution in [0.15, 0.2) is 66.3 Å². The monoisotopic (exact) mass is 409 g/mol. The van der Waals surface area contributed by atoms with Gasteiger partial charge in [0.1, 0.15) is 0 Å². The summed E-state index contributed by atoms with van der Waals surface area (Å²) in [6, 6.07) is 13.6. The number of rotatable bonds is 8. The lowest BCUT2D eigenvalue weighted by Gasteiger charge is -2.09. The fraction of sp³-hybridized carbons (Fsp3) is 0.150. The van der Waals surface area contributed by atoms with Crippen LogP contribution in [0.3, 0.4) is 0 Å². The van der Waals surface area contributed by atoms with E-state index in [9.17, 15) is 14.9 Å². The number of hydrogen-bond acceptors (Lipinski definition) is 6. The Morgan fingerprint density at radius 1 is 1.24 bits per heavy atom. The fourth-order valence-electron chi connectivity index (χ4n) is 2.71. The van der Waals surface area contributed by atoms with Gasteiger partial charge in [0.25, 0.3) is 5.69 Å². The molecule has 0 aliphatic rings. The third-order valence-electron chi connectivity index (χ3n) is 4.11. The minimum Gasteiger partial charge on any atom is -0.325 e. The summed E-state index contributed by atoms with van der Waals surface area (Å²) < 4.78 is 1.92. The van der Waals surface area contributed by atoms with Crippen LogP contribution in [0.2, 0.25) is 0 Å². The maximum atomic E-state index is 12.3. The predicted octanol–water partition coefficient (Wildman–Crippen LogP) is 4.08. The number of amides is 1. The van der Waals surface area contributed by atoms with E-state index in [-0.39, 0.29) is 17.3 Å². The Balaban J connectivity index is 1.70. The molecule has 29 heavy (non-hydrogen) atoms. The zero-order valence-corrected chi connectivity index (χ0v) is 16.6. The first-order valence-corrected chi connectivity index (χ1v) is 9.75. The van der Waals surface area contributed by atoms with Crippen LogP contribution in [0.25, 0.3) is 11.4 Å². The lowest BCUT2D eigenvalue weighted by molar-refractivity contribution is -0.384. The number of non-ortho nitro benzene ring substituents is 1. The number of nitro benzene ring substituents is 1. The minimum absolute atomic E-state index is 0.0290. The molecule has 1 amide bonds. The van der Waals surface area contributed by atoms with Crippen molar-refractivity contribution in [2.75, 3.05) is 11.1 Å². The highest BCUT2D eigenvalue weighted by Crippen LogP contribution is 2.26. The highest BCUT2D eigenvalue weighted by Gasteiger charge is 2.16. The standard InChI is InChI=1S/C20H19N5O3S/c1-3-12-24-19(17-7-5-4-6-14(17)2)22-23-20(24)29-13-18(26)21-15-8-10-16(11-9-15)25(27)28/h3-11H,1,12-13H2,2H3,(H,21,26). The number of thioether (sulfide) groups is 1. The second-order valence-corrected chi connectivity index (χ2v) is 7.10. The molecule has 1 N–H and O–H groups in total. The van der Waals surface area contributed by atoms with E-state index in [4.69, 9.17) is 0 Å². The molecular weight excluding hydrogens is 390 g/mol. The van der Waals surface area contributed by atoms with Crippen LogP contribution in [0, 0.1) is 17.0 Å². The van der Waals surface area contributed by atoms with Crippen LogP contribution in [0.1, 0.15) is 5.56 Å². The molecule has 3 aromatic rings. The highest BCUT2D eigenvalue weighted by molar-refractivity contribution is 7.99. The Morgan fingerprint density at radius 2 is 1.97 bits per heavy atom. The third kappa shape index (κ3) is 4.88. The average Bonchev–Trinajstić information content (AvgIpc) is 3.10. The highest BCUT2D eigenvalue weighted by atomic mass is 32.2. The van der Waals surface area contributed by atoms with Crippen LogP contribution < -0.4 is 5.32 Å². The van der Waals surface area contributed by atoms with E-state index in [1.54, 1.807) is 6.08 Å². The number of nitro groups is 1. The van der Waals surface area contributed by atoms with Gasteiger partial charge < -0.3 is 5.32 Å². The molecule has 8 nitrogen and oxygen atoms in total. The Kier molecular flexibility index (Phi) is 6.40. The van der Waals surface area contributed by atoms with Gasteiger partial charge in [-0.25, -0.2) is 0 Å². The lowest BCUT2D eigenvalue weighted by atomic mass is 10.1. The van der Waals surface area contributed by atoms with Gasteiger partial charge in [0.2, 0.25) is 5.91 Å². The first-order chi connectivity index (χ1) is 14.0. The largest absolute Gasteiger partial charge is 0.325 e. The van der Waals surface area contributed by atoms with Gasteiger partial charge in [-0.15, -0.1) is 16.8 Å². The van der Waals surface area contributed by atoms with E-state index >= 15 is 0 Å². The van der Waals surface area contributed by atoms with E-state index in [2.05, 4.69) is 22.1 Å². The summed E-state index contributed by atoms with van der Waals surface area (Å²) in [7, 11) is 0. The number of nitrogens with zero attached hydrogens (tertiary/aromatic N) is 4. The van der Waals surface area contributed by atoms with Gasteiger partial charge in [0.05, 0.1) is 10.7 Å². The van der Waals surface area contributed by atoms with Gasteiger partial charge in [-0.2, -0.15) is 0 Å². The summed E-state index contributed by atoms with van der Waals surface area (Å²) in [6.07, 6.45) is 1.76. The van der Waals surface area contributed by atoms with Gasteiger partial charge >= 0.3 is 0 Å². The molecule has 2 aromatic carbocycles. The van der Waals surface area contributed by atoms with E-state index in [1.807, 2.05) is 35.8 Å². The van der Waals surface area contributed by atoms with E-state index in [0.29, 0.717) is 17.4 Å². The Labute approximate surface area is 171 Å². The fourth-order valence-corrected chi connectivity index (χ4v) is 3.45. The SMILES string of the molecule is C=CCn1c(SCC(=O)Nc2ccc([N+](=O)[O-])cc2)nnc1-c1ccccc1C. The molecule has 148 valence electrons. The van der Waals surface area contributed by atoms with Crippen molar-refractivity contribution in [3.8, 4) is 11.4 Å². The van der Waals surface area contributed by atoms with Crippen LogP contribution in [-0.2, 0) is 11.3 Å². The van der Waals surface area contributed by atoms with Gasteiger partial charge in [-0.1, -0.05) is 42.1 Å². The first-order valence-electron chi connectivity index (χ1n) is 8.77. The molecule has 9 heteroatoms. The van der Waals surface area contributed by atoms with Crippen molar-refractivity contribution in [2.24, 2.45) is 0 Å². The van der Waals surface area contributed by atoms with E-state index in [1.165, 1.54) is 36.0 Å². The number of aryl methyl sites for hydroxylation is 1. The third-order valence-corrected chi connectivity index (χ3v) is 5.08. The lowest BCUT2D eigenvalue weighted by Crippen LogP contribution is -2.14. The van der Waals surface area contributed by atoms with E-state index in [0.717, 1.165) is 17.0 Å². The molecule has 0 radical (unpaired) electrons. The van der Waals surface area contributed by atoms with Crippen LogP contribution in [-0.4, -0.2) is 31.3 Å². The Hall–Kier alpha value is -3.46. The number of anilines is 1. The molecule has 0 bridgehead atoms. The maximum Gasteiger partial charge on any atom is 0.269 e. The molecule has 0 saturated carbocycles. The quantitative estimate of drug-likeness (QED) is 0.260. The van der Waals surface area contributed by atoms with Crippen molar-refractivity contribution in [2.45, 2.75) is 18.6 Å². The van der Waals surface area contributed by atoms with Gasteiger partial charge in [0, 0.05) is 29.9 Å². The van der Waals surface area contributed by atoms with Crippen molar-refractivity contribution in [1.82, 2.24) is 14.8 Å². The second kappa shape index (κ2) is 9.16. The van der Waals surface area contributed by atoms with Crippen molar-refractivity contribution in [3.63, 3.8) is 0 Å². The number of carbonyl (C=O) groups is 1. The molecule has 0 saturated heterocycles. The van der Waals surface area contributed by atoms with Crippen molar-refractivity contribution in [1.29, 1.82) is 0 Å². The summed E-state index contributed by atoms with van der Waals surface area (Å²) in [5, 5.41) is 22.6. The summed E-state index contributed by atoms with van der Waals surface area (Å²) >= 11 is 1.27. The summed E-state index contributed by atoms with van der Waals surface area (Å²) in [4.78, 5) is 22.5. The second-order valence-electron chi connectivity index (χ2n) is 6.16. The van der Waals surface area contributed by atoms with Crippen molar-refractivity contribution in [3.05, 3.63) is 76.9 Å². The smallest absolute Gasteiger partial charge is 0.269 e. The summed E-state index contributed by atoms with van der Waals surface area (Å²) in [5.74, 6) is 0.607. The maximum absolute atomic E-state index is 12.3. The van der Waals surface area contributed by atoms with Crippen LogP contribution in [0.4, 0.5) is 11.4 Å². The Bertz CT molecular complexity index is 1050. The molecule has 0 atom stereocenters. The molecule has 0 fully saturated rings. The number of allylic oxidation sites excluding steroid dienone is 1. The minimum atomic E-state index is -0.486. The van der Waals surface area contributed by atoms with Crippen LogP contribution in [0.5, 0.6) is 0 Å². The van der Waals surface area contributed by atoms with Gasteiger partial charge in [-0.05, 0) is 24.6 Å². The summed E-state index contributed by atoms with van der Waals surface area (Å²) in [6.45, 7) is 6.32. The van der Waals surface area contributed by atoms with Crippen molar-refractivity contribution >= 4 is 29.0 Å². The van der Waals surface area contributed by atoms with E-state index < -0.39 is 4.92 Å². The predicted molar refractivity (Wildman–Crippen MR) is 113 cm³/mol. The van der Waals surface area contributed by atoms with Gasteiger partial charge in [-0.3, -0.25) is 19.5 Å². The zero-order chi connectivity index (χ0) is 20.8. The first kappa shape index (κ1) is 20.3. The number of carbonyl (C=O) groups excluding carboxylic acids is 1. The molecule has 0 spiro atoms. The summed E-state index contributed by atoms with van der Waals surface area (Å²) in [5.41, 5.74) is 2.52. The number of aromatic nitrogens is 3. The number of hydrogen-bond donors (Lipinski definition) is 1. The normalized spacial score (nSPS) is 10.5. The number of benzene rings is 2. The molecule has 3 rings (SSSR count). The van der Waals surface area contributed by atoms with Gasteiger partial charge in [0.15, 0.2) is 11.0 Å². The molecule has 0 aliphatic heterocycles. The van der Waals surface area contributed by atoms with Crippen molar-refractivity contribution < 1.29 is 9.72 Å². The zero-order valence-electron chi connectivity index (χ0n) is 15.7. The molecule has 1 aromatic heterocycles. The molecule has 0 unspecified atom stereocenters. The van der Waals surface area contributed by atoms with Crippen LogP contribution >= 0.6 is 11.8 Å². The topological polar surface area (TPSA) is 103 Å².